The molecule has 0 saturated carbocycles. The lowest BCUT2D eigenvalue weighted by molar-refractivity contribution is 0.415. The molecule has 0 aliphatic heterocycles. The average molecular weight is 235 g/mol. The summed E-state index contributed by atoms with van der Waals surface area (Å²) in [5.41, 5.74) is 6.28. The van der Waals surface area contributed by atoms with Crippen LogP contribution in [0.1, 0.15) is 0 Å². The van der Waals surface area contributed by atoms with Crippen molar-refractivity contribution in [3.63, 3.8) is 0 Å². The van der Waals surface area contributed by atoms with Crippen molar-refractivity contribution >= 4 is 28.9 Å². The van der Waals surface area contributed by atoms with Gasteiger partial charge in [0.1, 0.15) is 10.8 Å². The molecule has 2 N–H and O–H groups in total. The molecule has 1 aromatic carbocycles. The summed E-state index contributed by atoms with van der Waals surface area (Å²) in [4.78, 5) is 1.80. The van der Waals surface area contributed by atoms with Crippen LogP contribution in [0.15, 0.2) is 12.1 Å². The van der Waals surface area contributed by atoms with Crippen LogP contribution in [0.3, 0.4) is 0 Å². The molecule has 0 unspecified atom stereocenters. The van der Waals surface area contributed by atoms with Crippen molar-refractivity contribution in [1.82, 2.24) is 0 Å². The van der Waals surface area contributed by atoms with E-state index in [2.05, 4.69) is 0 Å². The Morgan fingerprint density at radius 2 is 2.00 bits per heavy atom. The Bertz CT molecular complexity index is 331. The van der Waals surface area contributed by atoms with E-state index in [9.17, 15) is 0 Å². The summed E-state index contributed by atoms with van der Waals surface area (Å²) in [6.07, 6.45) is 0. The van der Waals surface area contributed by atoms with Crippen molar-refractivity contribution < 1.29 is 4.74 Å². The van der Waals surface area contributed by atoms with E-state index >= 15 is 0 Å². The third-order valence-electron chi connectivity index (χ3n) is 1.93. The molecule has 0 aliphatic carbocycles. The topological polar surface area (TPSA) is 38.5 Å². The molecule has 0 spiro atoms. The van der Waals surface area contributed by atoms with Gasteiger partial charge in [-0.2, -0.15) is 0 Å². The van der Waals surface area contributed by atoms with Crippen molar-refractivity contribution in [1.29, 1.82) is 0 Å². The summed E-state index contributed by atoms with van der Waals surface area (Å²) < 4.78 is 5.03. The molecule has 1 aromatic rings. The van der Waals surface area contributed by atoms with E-state index in [0.717, 1.165) is 5.69 Å². The SMILES string of the molecule is COc1ccc(N(C)CN)c(Cl)c1Cl. The van der Waals surface area contributed by atoms with E-state index in [-0.39, 0.29) is 0 Å². The smallest absolute Gasteiger partial charge is 0.139 e. The van der Waals surface area contributed by atoms with Crippen LogP contribution < -0.4 is 15.4 Å². The first-order valence-electron chi connectivity index (χ1n) is 4.05. The molecular formula is C9H12Cl2N2O. The van der Waals surface area contributed by atoms with Gasteiger partial charge in [0.15, 0.2) is 0 Å². The monoisotopic (exact) mass is 234 g/mol. The molecule has 0 saturated heterocycles. The number of benzene rings is 1. The van der Waals surface area contributed by atoms with Crippen LogP contribution in [-0.2, 0) is 0 Å². The lowest BCUT2D eigenvalue weighted by Crippen LogP contribution is -2.25. The highest BCUT2D eigenvalue weighted by Gasteiger charge is 2.12. The Balaban J connectivity index is 3.17. The number of methoxy groups -OCH3 is 1. The second-order valence-corrected chi connectivity index (χ2v) is 3.55. The van der Waals surface area contributed by atoms with E-state index in [1.807, 2.05) is 13.1 Å². The number of anilines is 1. The molecule has 0 atom stereocenters. The summed E-state index contributed by atoms with van der Waals surface area (Å²) >= 11 is 12.0. The molecule has 3 nitrogen and oxygen atoms in total. The maximum absolute atomic E-state index is 6.04. The molecule has 14 heavy (non-hydrogen) atoms. The maximum atomic E-state index is 6.04. The van der Waals surface area contributed by atoms with E-state index in [1.54, 1.807) is 18.1 Å². The molecule has 0 fully saturated rings. The highest BCUT2D eigenvalue weighted by molar-refractivity contribution is 6.44. The predicted octanol–water partition coefficient (Wildman–Crippen LogP) is 2.35. The first kappa shape index (κ1) is 11.4. The molecular weight excluding hydrogens is 223 g/mol. The maximum Gasteiger partial charge on any atom is 0.139 e. The lowest BCUT2D eigenvalue weighted by atomic mass is 10.3. The zero-order valence-corrected chi connectivity index (χ0v) is 9.56. The lowest BCUT2D eigenvalue weighted by Gasteiger charge is -2.19. The van der Waals surface area contributed by atoms with Crippen molar-refractivity contribution in [3.8, 4) is 5.75 Å². The summed E-state index contributed by atoms with van der Waals surface area (Å²) in [5.74, 6) is 0.561. The third kappa shape index (κ3) is 2.05. The van der Waals surface area contributed by atoms with E-state index in [1.165, 1.54) is 0 Å². The molecule has 0 aliphatic rings. The molecule has 5 heteroatoms. The van der Waals surface area contributed by atoms with Gasteiger partial charge in [0.25, 0.3) is 0 Å². The van der Waals surface area contributed by atoms with Gasteiger partial charge in [-0.25, -0.2) is 0 Å². The number of hydrogen-bond donors (Lipinski definition) is 1. The van der Waals surface area contributed by atoms with Gasteiger partial charge >= 0.3 is 0 Å². The molecule has 0 heterocycles. The second kappa shape index (κ2) is 4.73. The minimum absolute atomic E-state index is 0.377. The van der Waals surface area contributed by atoms with Gasteiger partial charge < -0.3 is 15.4 Å². The molecule has 0 amide bonds. The summed E-state index contributed by atoms with van der Waals surface area (Å²) in [6.45, 7) is 0.377. The minimum atomic E-state index is 0.377. The third-order valence-corrected chi connectivity index (χ3v) is 2.79. The highest BCUT2D eigenvalue weighted by atomic mass is 35.5. The first-order valence-corrected chi connectivity index (χ1v) is 4.80. The van der Waals surface area contributed by atoms with E-state index in [4.69, 9.17) is 33.7 Å². The Labute approximate surface area is 93.3 Å². The summed E-state index contributed by atoms with van der Waals surface area (Å²) in [7, 11) is 3.38. The highest BCUT2D eigenvalue weighted by Crippen LogP contribution is 2.38. The number of nitrogens with two attached hydrogens (primary N) is 1. The standard InChI is InChI=1S/C9H12Cl2N2O/c1-13(5-12)6-3-4-7(14-2)9(11)8(6)10/h3-4H,5,12H2,1-2H3. The van der Waals surface area contributed by atoms with Gasteiger partial charge in [-0.15, -0.1) is 0 Å². The average Bonchev–Trinajstić information content (AvgIpc) is 2.21. The Hall–Kier alpha value is -0.640. The minimum Gasteiger partial charge on any atom is -0.495 e. The van der Waals surface area contributed by atoms with E-state index in [0.29, 0.717) is 22.5 Å². The van der Waals surface area contributed by atoms with Crippen LogP contribution in [-0.4, -0.2) is 20.8 Å². The fraction of sp³-hybridized carbons (Fsp3) is 0.333. The van der Waals surface area contributed by atoms with Gasteiger partial charge in [0.05, 0.1) is 24.5 Å². The second-order valence-electron chi connectivity index (χ2n) is 2.80. The fourth-order valence-corrected chi connectivity index (χ4v) is 1.61. The molecule has 0 aromatic heterocycles. The largest absolute Gasteiger partial charge is 0.495 e. The Morgan fingerprint density at radius 1 is 1.36 bits per heavy atom. The van der Waals surface area contributed by atoms with Crippen LogP contribution in [0.5, 0.6) is 5.75 Å². The molecule has 1 rings (SSSR count). The summed E-state index contributed by atoms with van der Waals surface area (Å²) in [5, 5.41) is 0.867. The normalized spacial score (nSPS) is 10.1. The quantitative estimate of drug-likeness (QED) is 0.817. The number of hydrogen-bond acceptors (Lipinski definition) is 3. The summed E-state index contributed by atoms with van der Waals surface area (Å²) in [6, 6.07) is 3.58. The van der Waals surface area contributed by atoms with Crippen LogP contribution in [0, 0.1) is 0 Å². The zero-order valence-electron chi connectivity index (χ0n) is 8.05. The number of nitrogens with zero attached hydrogens (tertiary/aromatic N) is 1. The van der Waals surface area contributed by atoms with Crippen molar-refractivity contribution in [2.24, 2.45) is 5.73 Å². The molecule has 78 valence electrons. The fourth-order valence-electron chi connectivity index (χ4n) is 1.07. The predicted molar refractivity (Wildman–Crippen MR) is 60.5 cm³/mol. The van der Waals surface area contributed by atoms with Crippen LogP contribution in [0.25, 0.3) is 0 Å². The van der Waals surface area contributed by atoms with Gasteiger partial charge in [-0.05, 0) is 12.1 Å². The number of rotatable bonds is 3. The van der Waals surface area contributed by atoms with Crippen molar-refractivity contribution in [2.75, 3.05) is 25.7 Å². The van der Waals surface area contributed by atoms with Gasteiger partial charge in [-0.1, -0.05) is 23.2 Å². The van der Waals surface area contributed by atoms with E-state index < -0.39 is 0 Å². The van der Waals surface area contributed by atoms with Gasteiger partial charge in [0, 0.05) is 7.05 Å². The van der Waals surface area contributed by atoms with Crippen molar-refractivity contribution in [3.05, 3.63) is 22.2 Å². The molecule has 0 radical (unpaired) electrons. The van der Waals surface area contributed by atoms with Crippen LogP contribution in [0.2, 0.25) is 10.0 Å². The molecule has 0 bridgehead atoms. The van der Waals surface area contributed by atoms with Crippen LogP contribution in [0.4, 0.5) is 5.69 Å². The van der Waals surface area contributed by atoms with Crippen LogP contribution >= 0.6 is 23.2 Å². The Morgan fingerprint density at radius 3 is 2.50 bits per heavy atom. The number of ether oxygens (including phenoxy) is 1. The Kier molecular flexibility index (Phi) is 3.86. The van der Waals surface area contributed by atoms with Gasteiger partial charge in [0.2, 0.25) is 0 Å². The number of halogens is 2. The van der Waals surface area contributed by atoms with Crippen molar-refractivity contribution in [2.45, 2.75) is 0 Å². The first-order chi connectivity index (χ1) is 6.61. The zero-order chi connectivity index (χ0) is 10.7. The van der Waals surface area contributed by atoms with Gasteiger partial charge in [-0.3, -0.25) is 0 Å².